The van der Waals surface area contributed by atoms with Crippen LogP contribution in [0.1, 0.15) is 0 Å². The highest BCUT2D eigenvalue weighted by atomic mass is 35.5. The van der Waals surface area contributed by atoms with Gasteiger partial charge in [-0.05, 0) is 36.4 Å². The monoisotopic (exact) mass is 274 g/mol. The van der Waals surface area contributed by atoms with Crippen LogP contribution < -0.4 is 9.47 Å². The molecule has 0 aromatic heterocycles. The number of alkyl halides is 1. The number of ether oxygens (including phenoxy) is 2. The largest absolute Gasteiger partial charge is 0.490 e. The van der Waals surface area contributed by atoms with Crippen LogP contribution in [-0.4, -0.2) is 12.5 Å². The van der Waals surface area contributed by atoms with Crippen LogP contribution in [0.2, 0.25) is 0 Å². The van der Waals surface area contributed by atoms with Crippen LogP contribution in [0.4, 0.5) is 0 Å². The van der Waals surface area contributed by atoms with Crippen LogP contribution in [0.3, 0.4) is 0 Å². The second-order valence-corrected chi connectivity index (χ2v) is 4.13. The van der Waals surface area contributed by atoms with Crippen molar-refractivity contribution in [2.45, 2.75) is 0 Å². The number of hydrogen-bond donors (Lipinski definition) is 0. The van der Waals surface area contributed by atoms with E-state index in [0.717, 1.165) is 17.2 Å². The van der Waals surface area contributed by atoms with Crippen molar-refractivity contribution in [3.8, 4) is 17.2 Å². The number of allylic oxidation sites excluding steroid dienone is 1. The quantitative estimate of drug-likeness (QED) is 0.564. The van der Waals surface area contributed by atoms with Crippen molar-refractivity contribution < 1.29 is 9.47 Å². The molecule has 0 radical (unpaired) electrons. The molecule has 0 aliphatic carbocycles. The third-order valence-electron chi connectivity index (χ3n) is 2.40. The normalized spacial score (nSPS) is 10.6. The van der Waals surface area contributed by atoms with Crippen molar-refractivity contribution in [3.63, 3.8) is 0 Å². The second kappa shape index (κ2) is 7.49. The van der Waals surface area contributed by atoms with E-state index in [4.69, 9.17) is 21.1 Å². The smallest absolute Gasteiger partial charge is 0.127 e. The zero-order valence-corrected chi connectivity index (χ0v) is 11.2. The summed E-state index contributed by atoms with van der Waals surface area (Å²) in [6.07, 6.45) is 3.75. The zero-order chi connectivity index (χ0) is 13.3. The van der Waals surface area contributed by atoms with E-state index in [1.807, 2.05) is 66.7 Å². The second-order valence-electron chi connectivity index (χ2n) is 3.82. The van der Waals surface area contributed by atoms with Gasteiger partial charge < -0.3 is 9.47 Å². The third-order valence-corrected chi connectivity index (χ3v) is 2.58. The predicted octanol–water partition coefficient (Wildman–Crippen LogP) is 4.65. The van der Waals surface area contributed by atoms with E-state index in [1.54, 1.807) is 0 Å². The van der Waals surface area contributed by atoms with Crippen molar-refractivity contribution in [3.05, 3.63) is 66.7 Å². The zero-order valence-electron chi connectivity index (χ0n) is 10.5. The average molecular weight is 275 g/mol. The van der Waals surface area contributed by atoms with Gasteiger partial charge in [0.1, 0.15) is 23.9 Å². The van der Waals surface area contributed by atoms with Crippen LogP contribution >= 0.6 is 11.6 Å². The Balaban J connectivity index is 1.89. The molecule has 0 aliphatic rings. The van der Waals surface area contributed by atoms with Crippen molar-refractivity contribution in [2.24, 2.45) is 0 Å². The lowest BCUT2D eigenvalue weighted by atomic mass is 10.3. The number of halogens is 1. The fraction of sp³-hybridized carbons (Fsp3) is 0.125. The number of hydrogen-bond acceptors (Lipinski definition) is 2. The summed E-state index contributed by atoms with van der Waals surface area (Å²) in [5, 5.41) is 0. The maximum Gasteiger partial charge on any atom is 0.127 e. The first-order chi connectivity index (χ1) is 9.38. The molecular weight excluding hydrogens is 260 g/mol. The van der Waals surface area contributed by atoms with Crippen molar-refractivity contribution in [1.82, 2.24) is 0 Å². The Morgan fingerprint density at radius 2 is 1.42 bits per heavy atom. The van der Waals surface area contributed by atoms with Crippen LogP contribution in [-0.2, 0) is 0 Å². The van der Waals surface area contributed by atoms with E-state index >= 15 is 0 Å². The molecule has 0 N–H and O–H groups in total. The average Bonchev–Trinajstić information content (AvgIpc) is 2.46. The van der Waals surface area contributed by atoms with Crippen molar-refractivity contribution in [2.75, 3.05) is 12.5 Å². The van der Waals surface area contributed by atoms with E-state index in [9.17, 15) is 0 Å². The lowest BCUT2D eigenvalue weighted by Gasteiger charge is -2.07. The van der Waals surface area contributed by atoms with Gasteiger partial charge in [0, 0.05) is 5.88 Å². The van der Waals surface area contributed by atoms with Gasteiger partial charge in [-0.3, -0.25) is 0 Å². The highest BCUT2D eigenvalue weighted by molar-refractivity contribution is 6.18. The summed E-state index contributed by atoms with van der Waals surface area (Å²) in [5.74, 6) is 2.92. The summed E-state index contributed by atoms with van der Waals surface area (Å²) in [7, 11) is 0. The van der Waals surface area contributed by atoms with Gasteiger partial charge in [0.25, 0.3) is 0 Å². The maximum atomic E-state index is 5.69. The standard InChI is InChI=1S/C16H15ClO2/c17-12-4-5-13-18-14-8-10-16(11-9-14)19-15-6-2-1-3-7-15/h1-11H,12-13H2. The molecule has 0 fully saturated rings. The molecule has 2 rings (SSSR count). The molecule has 3 heteroatoms. The molecule has 0 bridgehead atoms. The number of benzene rings is 2. The minimum atomic E-state index is 0.507. The Kier molecular flexibility index (Phi) is 5.32. The molecular formula is C16H15ClO2. The molecule has 0 aliphatic heterocycles. The first kappa shape index (κ1) is 13.5. The Hall–Kier alpha value is -1.93. The highest BCUT2D eigenvalue weighted by Crippen LogP contribution is 2.23. The van der Waals surface area contributed by atoms with Gasteiger partial charge in [0.15, 0.2) is 0 Å². The van der Waals surface area contributed by atoms with Gasteiger partial charge in [-0.25, -0.2) is 0 Å². The molecule has 0 amide bonds. The lowest BCUT2D eigenvalue weighted by molar-refractivity contribution is 0.362. The van der Waals surface area contributed by atoms with Gasteiger partial charge in [-0.2, -0.15) is 0 Å². The molecule has 2 nitrogen and oxygen atoms in total. The summed E-state index contributed by atoms with van der Waals surface area (Å²) in [6, 6.07) is 17.2. The van der Waals surface area contributed by atoms with Gasteiger partial charge >= 0.3 is 0 Å². The van der Waals surface area contributed by atoms with Gasteiger partial charge in [0.2, 0.25) is 0 Å². The molecule has 2 aromatic rings. The first-order valence-corrected chi connectivity index (χ1v) is 6.58. The van der Waals surface area contributed by atoms with E-state index in [1.165, 1.54) is 0 Å². The van der Waals surface area contributed by atoms with E-state index < -0.39 is 0 Å². The van der Waals surface area contributed by atoms with E-state index in [-0.39, 0.29) is 0 Å². The molecule has 0 heterocycles. The van der Waals surface area contributed by atoms with Crippen LogP contribution in [0.25, 0.3) is 0 Å². The topological polar surface area (TPSA) is 18.5 Å². The van der Waals surface area contributed by atoms with Crippen LogP contribution in [0.5, 0.6) is 17.2 Å². The Bertz CT molecular complexity index is 506. The minimum Gasteiger partial charge on any atom is -0.490 e. The maximum absolute atomic E-state index is 5.69. The Morgan fingerprint density at radius 1 is 0.789 bits per heavy atom. The molecule has 0 spiro atoms. The van der Waals surface area contributed by atoms with Gasteiger partial charge in [-0.1, -0.05) is 30.4 Å². The first-order valence-electron chi connectivity index (χ1n) is 6.05. The minimum absolute atomic E-state index is 0.507. The van der Waals surface area contributed by atoms with Crippen molar-refractivity contribution in [1.29, 1.82) is 0 Å². The molecule has 2 aromatic carbocycles. The van der Waals surface area contributed by atoms with Gasteiger partial charge in [0.05, 0.1) is 0 Å². The molecule has 0 saturated heterocycles. The summed E-state index contributed by atoms with van der Waals surface area (Å²) in [5.41, 5.74) is 0. The SMILES string of the molecule is ClCC=CCOc1ccc(Oc2ccccc2)cc1. The molecule has 0 unspecified atom stereocenters. The van der Waals surface area contributed by atoms with Gasteiger partial charge in [-0.15, -0.1) is 11.6 Å². The summed E-state index contributed by atoms with van der Waals surface area (Å²) >= 11 is 5.52. The highest BCUT2D eigenvalue weighted by Gasteiger charge is 1.97. The van der Waals surface area contributed by atoms with Crippen molar-refractivity contribution >= 4 is 11.6 Å². The summed E-state index contributed by atoms with van der Waals surface area (Å²) in [4.78, 5) is 0. The molecule has 98 valence electrons. The Labute approximate surface area is 118 Å². The van der Waals surface area contributed by atoms with Crippen LogP contribution in [0, 0.1) is 0 Å². The van der Waals surface area contributed by atoms with Crippen LogP contribution in [0.15, 0.2) is 66.7 Å². The fourth-order valence-electron chi connectivity index (χ4n) is 1.50. The van der Waals surface area contributed by atoms with E-state index in [2.05, 4.69) is 0 Å². The molecule has 0 atom stereocenters. The Morgan fingerprint density at radius 3 is 2.11 bits per heavy atom. The summed E-state index contributed by atoms with van der Waals surface area (Å²) in [6.45, 7) is 0.519. The van der Waals surface area contributed by atoms with E-state index in [0.29, 0.717) is 12.5 Å². The number of para-hydroxylation sites is 1. The lowest BCUT2D eigenvalue weighted by Crippen LogP contribution is -1.93. The summed E-state index contributed by atoms with van der Waals surface area (Å²) < 4.78 is 11.2. The predicted molar refractivity (Wildman–Crippen MR) is 78.3 cm³/mol. The molecule has 19 heavy (non-hydrogen) atoms. The molecule has 0 saturated carbocycles. The number of rotatable bonds is 6. The third kappa shape index (κ3) is 4.68. The fourth-order valence-corrected chi connectivity index (χ4v) is 1.63.